The molecule has 33 heavy (non-hydrogen) atoms. The van der Waals surface area contributed by atoms with Gasteiger partial charge in [-0.3, -0.25) is 4.79 Å². The molecule has 1 aromatic heterocycles. The maximum Gasteiger partial charge on any atom is 0.281 e. The molecule has 0 spiro atoms. The van der Waals surface area contributed by atoms with Crippen LogP contribution in [0.5, 0.6) is 0 Å². The first-order chi connectivity index (χ1) is 15.9. The van der Waals surface area contributed by atoms with E-state index < -0.39 is 11.5 Å². The fourth-order valence-electron chi connectivity index (χ4n) is 3.93. The molecule has 0 bridgehead atoms. The van der Waals surface area contributed by atoms with Crippen LogP contribution < -0.4 is 5.43 Å². The molecule has 0 unspecified atom stereocenters. The molecule has 1 heterocycles. The molecule has 1 amide bonds. The second kappa shape index (κ2) is 9.45. The zero-order chi connectivity index (χ0) is 23.4. The van der Waals surface area contributed by atoms with E-state index in [1.54, 1.807) is 54.7 Å². The Morgan fingerprint density at radius 2 is 1.48 bits per heavy atom. The van der Waals surface area contributed by atoms with Crippen molar-refractivity contribution in [3.05, 3.63) is 124 Å². The van der Waals surface area contributed by atoms with E-state index in [4.69, 9.17) is 11.6 Å². The molecule has 0 atom stereocenters. The number of rotatable bonds is 6. The van der Waals surface area contributed by atoms with Crippen molar-refractivity contribution in [2.75, 3.05) is 0 Å². The summed E-state index contributed by atoms with van der Waals surface area (Å²) in [6.07, 6.45) is 1.59. The minimum atomic E-state index is -1.87. The lowest BCUT2D eigenvalue weighted by Crippen LogP contribution is -2.43. The number of nitrogens with one attached hydrogen (secondary N) is 1. The Morgan fingerprint density at radius 1 is 0.939 bits per heavy atom. The minimum absolute atomic E-state index is 0.463. The average Bonchev–Trinajstić information content (AvgIpc) is 3.13. The second-order valence-electron chi connectivity index (χ2n) is 7.78. The van der Waals surface area contributed by atoms with Gasteiger partial charge >= 0.3 is 0 Å². The molecule has 166 valence electrons. The number of carbonyl (C=O) groups is 1. The quantitative estimate of drug-likeness (QED) is 0.311. The van der Waals surface area contributed by atoms with Gasteiger partial charge in [-0.2, -0.15) is 5.10 Å². The van der Waals surface area contributed by atoms with Gasteiger partial charge in [-0.1, -0.05) is 72.3 Å². The molecule has 0 fully saturated rings. The van der Waals surface area contributed by atoms with Crippen molar-refractivity contribution in [2.45, 2.75) is 19.4 Å². The monoisotopic (exact) mass is 457 g/mol. The fourth-order valence-corrected chi connectivity index (χ4v) is 4.06. The summed E-state index contributed by atoms with van der Waals surface area (Å²) in [6, 6.07) is 27.3. The predicted octanol–water partition coefficient (Wildman–Crippen LogP) is 5.13. The molecule has 0 aliphatic carbocycles. The van der Waals surface area contributed by atoms with Crippen LogP contribution in [0.1, 0.15) is 28.1 Å². The number of aryl methyl sites for hydroxylation is 1. The number of aromatic nitrogens is 1. The standard InChI is InChI=1S/C27H24ClN3O2/c1-19-17-21(20(2)31(19)25-15-13-24(28)14-16-25)18-29-30-26(32)27(33,22-9-5-3-6-10-22)23-11-7-4-8-12-23/h3-18,33H,1-2H3,(H,30,32). The van der Waals surface area contributed by atoms with E-state index in [0.29, 0.717) is 16.1 Å². The highest BCUT2D eigenvalue weighted by atomic mass is 35.5. The van der Waals surface area contributed by atoms with E-state index in [1.807, 2.05) is 56.3 Å². The molecule has 6 heteroatoms. The fraction of sp³-hybridized carbons (Fsp3) is 0.111. The molecule has 5 nitrogen and oxygen atoms in total. The minimum Gasteiger partial charge on any atom is -0.372 e. The molecule has 0 aliphatic rings. The smallest absolute Gasteiger partial charge is 0.281 e. The summed E-state index contributed by atoms with van der Waals surface area (Å²) in [5.74, 6) is -0.636. The Kier molecular flexibility index (Phi) is 6.45. The van der Waals surface area contributed by atoms with Gasteiger partial charge in [-0.25, -0.2) is 5.43 Å². The van der Waals surface area contributed by atoms with Crippen molar-refractivity contribution in [1.29, 1.82) is 0 Å². The van der Waals surface area contributed by atoms with Crippen molar-refractivity contribution in [3.63, 3.8) is 0 Å². The molecule has 0 radical (unpaired) electrons. The van der Waals surface area contributed by atoms with Crippen LogP contribution >= 0.6 is 11.6 Å². The largest absolute Gasteiger partial charge is 0.372 e. The third kappa shape index (κ3) is 4.46. The molecule has 0 aliphatic heterocycles. The predicted molar refractivity (Wildman–Crippen MR) is 132 cm³/mol. The first-order valence-electron chi connectivity index (χ1n) is 10.5. The maximum absolute atomic E-state index is 13.2. The van der Waals surface area contributed by atoms with Crippen LogP contribution in [-0.2, 0) is 10.4 Å². The van der Waals surface area contributed by atoms with Gasteiger partial charge in [0.1, 0.15) is 0 Å². The summed E-state index contributed by atoms with van der Waals surface area (Å²) < 4.78 is 2.09. The van der Waals surface area contributed by atoms with E-state index in [9.17, 15) is 9.90 Å². The lowest BCUT2D eigenvalue weighted by molar-refractivity contribution is -0.136. The first kappa shape index (κ1) is 22.5. The van der Waals surface area contributed by atoms with Gasteiger partial charge in [-0.15, -0.1) is 0 Å². The van der Waals surface area contributed by atoms with Gasteiger partial charge < -0.3 is 9.67 Å². The number of halogens is 1. The molecule has 2 N–H and O–H groups in total. The number of aliphatic hydroxyl groups is 1. The Morgan fingerprint density at radius 3 is 2.03 bits per heavy atom. The van der Waals surface area contributed by atoms with Crippen molar-refractivity contribution in [1.82, 2.24) is 9.99 Å². The molecule has 0 saturated heterocycles. The number of carbonyl (C=O) groups excluding carboxylic acids is 1. The van der Waals surface area contributed by atoms with Crippen LogP contribution in [0.25, 0.3) is 5.69 Å². The van der Waals surface area contributed by atoms with Crippen molar-refractivity contribution < 1.29 is 9.90 Å². The highest BCUT2D eigenvalue weighted by molar-refractivity contribution is 6.30. The molecule has 3 aromatic carbocycles. The number of amides is 1. The van der Waals surface area contributed by atoms with Crippen LogP contribution in [0, 0.1) is 13.8 Å². The van der Waals surface area contributed by atoms with Crippen molar-refractivity contribution >= 4 is 23.7 Å². The Labute approximate surface area is 198 Å². The van der Waals surface area contributed by atoms with E-state index >= 15 is 0 Å². The van der Waals surface area contributed by atoms with E-state index in [2.05, 4.69) is 15.1 Å². The van der Waals surface area contributed by atoms with Crippen molar-refractivity contribution in [2.24, 2.45) is 5.10 Å². The number of hydrazone groups is 1. The summed E-state index contributed by atoms with van der Waals surface area (Å²) in [7, 11) is 0. The van der Waals surface area contributed by atoms with Crippen LogP contribution in [0.15, 0.2) is 96.1 Å². The Hall–Kier alpha value is -3.67. The topological polar surface area (TPSA) is 66.6 Å². The van der Waals surface area contributed by atoms with E-state index in [0.717, 1.165) is 22.6 Å². The summed E-state index contributed by atoms with van der Waals surface area (Å²) in [4.78, 5) is 13.2. The third-order valence-electron chi connectivity index (χ3n) is 5.64. The lowest BCUT2D eigenvalue weighted by Gasteiger charge is -2.27. The zero-order valence-electron chi connectivity index (χ0n) is 18.4. The third-order valence-corrected chi connectivity index (χ3v) is 5.89. The van der Waals surface area contributed by atoms with Crippen LogP contribution in [0.2, 0.25) is 5.02 Å². The Balaban J connectivity index is 1.61. The van der Waals surface area contributed by atoms with Gasteiger partial charge in [0.2, 0.25) is 0 Å². The summed E-state index contributed by atoms with van der Waals surface area (Å²) in [6.45, 7) is 3.98. The first-order valence-corrected chi connectivity index (χ1v) is 10.9. The van der Waals surface area contributed by atoms with Crippen LogP contribution in [0.4, 0.5) is 0 Å². The molecule has 4 rings (SSSR count). The van der Waals surface area contributed by atoms with E-state index in [-0.39, 0.29) is 0 Å². The van der Waals surface area contributed by atoms with E-state index in [1.165, 1.54) is 0 Å². The lowest BCUT2D eigenvalue weighted by atomic mass is 9.85. The summed E-state index contributed by atoms with van der Waals surface area (Å²) in [5, 5.41) is 16.3. The van der Waals surface area contributed by atoms with Crippen molar-refractivity contribution in [3.8, 4) is 5.69 Å². The second-order valence-corrected chi connectivity index (χ2v) is 8.22. The van der Waals surface area contributed by atoms with Crippen LogP contribution in [0.3, 0.4) is 0 Å². The highest BCUT2D eigenvalue weighted by Gasteiger charge is 2.39. The summed E-state index contributed by atoms with van der Waals surface area (Å²) in [5.41, 5.74) is 5.40. The number of hydrogen-bond donors (Lipinski definition) is 2. The van der Waals surface area contributed by atoms with Gasteiger partial charge in [0.15, 0.2) is 5.60 Å². The number of nitrogens with zero attached hydrogens (tertiary/aromatic N) is 2. The number of benzene rings is 3. The zero-order valence-corrected chi connectivity index (χ0v) is 19.1. The normalized spacial score (nSPS) is 11.6. The molecular formula is C27H24ClN3O2. The van der Waals surface area contributed by atoms with Gasteiger partial charge in [0.05, 0.1) is 6.21 Å². The maximum atomic E-state index is 13.2. The Bertz CT molecular complexity index is 1240. The molecule has 4 aromatic rings. The summed E-state index contributed by atoms with van der Waals surface area (Å²) >= 11 is 6.02. The van der Waals surface area contributed by atoms with Gasteiger partial charge in [0, 0.05) is 27.7 Å². The number of hydrogen-bond acceptors (Lipinski definition) is 3. The van der Waals surface area contributed by atoms with Gasteiger partial charge in [0.25, 0.3) is 5.91 Å². The SMILES string of the molecule is Cc1cc(C=NNC(=O)C(O)(c2ccccc2)c2ccccc2)c(C)n1-c1ccc(Cl)cc1. The highest BCUT2D eigenvalue weighted by Crippen LogP contribution is 2.30. The molecule has 0 saturated carbocycles. The van der Waals surface area contributed by atoms with Gasteiger partial charge in [-0.05, 0) is 55.3 Å². The van der Waals surface area contributed by atoms with Crippen LogP contribution in [-0.4, -0.2) is 21.8 Å². The molecular weight excluding hydrogens is 434 g/mol. The average molecular weight is 458 g/mol.